The van der Waals surface area contributed by atoms with Gasteiger partial charge in [-0.05, 0) is 67.1 Å². The number of nitrogens with one attached hydrogen (secondary N) is 2. The summed E-state index contributed by atoms with van der Waals surface area (Å²) in [6, 6.07) is 17.0. The number of unbranched alkanes of at least 4 members (excludes halogenated alkanes) is 1. The molecule has 200 valence electrons. The maximum Gasteiger partial charge on any atom is 0.338 e. The third-order valence-electron chi connectivity index (χ3n) is 5.68. The summed E-state index contributed by atoms with van der Waals surface area (Å²) in [5, 5.41) is 5.71. The third kappa shape index (κ3) is 6.42. The average molecular weight is 587 g/mol. The van der Waals surface area contributed by atoms with Gasteiger partial charge in [0.1, 0.15) is 10.7 Å². The van der Waals surface area contributed by atoms with Gasteiger partial charge in [0.25, 0.3) is 17.7 Å². The summed E-state index contributed by atoms with van der Waals surface area (Å²) in [5.74, 6) is -2.33. The van der Waals surface area contributed by atoms with Crippen molar-refractivity contribution in [1.82, 2.24) is 0 Å². The lowest BCUT2D eigenvalue weighted by Crippen LogP contribution is -2.32. The van der Waals surface area contributed by atoms with Crippen LogP contribution in [-0.2, 0) is 14.3 Å². The van der Waals surface area contributed by atoms with Crippen molar-refractivity contribution in [3.63, 3.8) is 0 Å². The zero-order valence-corrected chi connectivity index (χ0v) is 22.9. The number of ether oxygens (including phenoxy) is 1. The third-order valence-corrected chi connectivity index (χ3v) is 6.59. The Morgan fingerprint density at radius 2 is 1.62 bits per heavy atom. The Hall–Kier alpha value is -3.85. The van der Waals surface area contributed by atoms with Gasteiger partial charge in [0.05, 0.1) is 22.9 Å². The summed E-state index contributed by atoms with van der Waals surface area (Å²) in [6.07, 6.45) is 1.68. The van der Waals surface area contributed by atoms with Crippen molar-refractivity contribution in [2.75, 3.05) is 22.1 Å². The lowest BCUT2D eigenvalue weighted by molar-refractivity contribution is -0.120. The van der Waals surface area contributed by atoms with Gasteiger partial charge in [0, 0.05) is 22.0 Å². The summed E-state index contributed by atoms with van der Waals surface area (Å²) < 4.78 is 5.21. The number of hydrogen-bond acceptors (Lipinski definition) is 6. The van der Waals surface area contributed by atoms with E-state index in [9.17, 15) is 19.2 Å². The number of rotatable bonds is 9. The van der Waals surface area contributed by atoms with Gasteiger partial charge in [-0.1, -0.05) is 54.2 Å². The minimum atomic E-state index is -0.749. The van der Waals surface area contributed by atoms with E-state index in [1.165, 1.54) is 36.4 Å². The van der Waals surface area contributed by atoms with E-state index >= 15 is 0 Å². The molecule has 0 aromatic heterocycles. The van der Waals surface area contributed by atoms with E-state index < -0.39 is 23.7 Å². The number of carbonyl (C=O) groups excluding carboxylic acids is 4. The van der Waals surface area contributed by atoms with E-state index in [4.69, 9.17) is 39.5 Å². The molecule has 0 spiro atoms. The van der Waals surface area contributed by atoms with Crippen LogP contribution in [0.4, 0.5) is 17.1 Å². The first-order valence-electron chi connectivity index (χ1n) is 11.9. The SMILES string of the molecule is CCCCOC(=O)c1cccc(NC(=O)c2ccc(NC3=C(Cl)C(=O)N(c4cc(Cl)ccc4Cl)C3=O)cc2)c1. The molecule has 3 aromatic carbocycles. The fourth-order valence-electron chi connectivity index (χ4n) is 3.66. The quantitative estimate of drug-likeness (QED) is 0.165. The highest BCUT2D eigenvalue weighted by Gasteiger charge is 2.40. The Balaban J connectivity index is 1.43. The van der Waals surface area contributed by atoms with Crippen LogP contribution in [0.25, 0.3) is 0 Å². The second kappa shape index (κ2) is 12.3. The fraction of sp³-hybridized carbons (Fsp3) is 0.143. The first-order chi connectivity index (χ1) is 18.7. The van der Waals surface area contributed by atoms with Crippen molar-refractivity contribution in [2.45, 2.75) is 19.8 Å². The lowest BCUT2D eigenvalue weighted by Gasteiger charge is -2.17. The van der Waals surface area contributed by atoms with Gasteiger partial charge in [-0.3, -0.25) is 14.4 Å². The molecule has 1 heterocycles. The van der Waals surface area contributed by atoms with Crippen LogP contribution < -0.4 is 15.5 Å². The molecule has 4 rings (SSSR count). The highest BCUT2D eigenvalue weighted by Crippen LogP contribution is 2.35. The van der Waals surface area contributed by atoms with Crippen molar-refractivity contribution < 1.29 is 23.9 Å². The van der Waals surface area contributed by atoms with Crippen LogP contribution in [0.5, 0.6) is 0 Å². The van der Waals surface area contributed by atoms with Gasteiger partial charge in [-0.15, -0.1) is 0 Å². The molecule has 0 fully saturated rings. The minimum absolute atomic E-state index is 0.111. The molecule has 0 saturated heterocycles. The normalized spacial score (nSPS) is 13.1. The van der Waals surface area contributed by atoms with Gasteiger partial charge < -0.3 is 15.4 Å². The molecular weight excluding hydrogens is 565 g/mol. The molecule has 1 aliphatic heterocycles. The molecule has 0 radical (unpaired) electrons. The summed E-state index contributed by atoms with van der Waals surface area (Å²) in [7, 11) is 0. The minimum Gasteiger partial charge on any atom is -0.462 e. The van der Waals surface area contributed by atoms with Crippen LogP contribution in [0.1, 0.15) is 40.5 Å². The molecular formula is C28H22Cl3N3O5. The number of imide groups is 1. The molecule has 1 aliphatic rings. The van der Waals surface area contributed by atoms with Crippen molar-refractivity contribution >= 4 is 75.6 Å². The number of benzene rings is 3. The van der Waals surface area contributed by atoms with Crippen molar-refractivity contribution in [3.05, 3.63) is 98.6 Å². The number of hydrogen-bond donors (Lipinski definition) is 2. The Morgan fingerprint density at radius 3 is 2.33 bits per heavy atom. The number of amides is 3. The monoisotopic (exact) mass is 585 g/mol. The molecule has 2 N–H and O–H groups in total. The molecule has 39 heavy (non-hydrogen) atoms. The predicted octanol–water partition coefficient (Wildman–Crippen LogP) is 6.64. The van der Waals surface area contributed by atoms with Crippen LogP contribution in [-0.4, -0.2) is 30.3 Å². The Labute approximate surface area is 239 Å². The maximum atomic E-state index is 13.0. The topological polar surface area (TPSA) is 105 Å². The molecule has 0 atom stereocenters. The average Bonchev–Trinajstić information content (AvgIpc) is 3.13. The maximum absolute atomic E-state index is 13.0. The fourth-order valence-corrected chi connectivity index (χ4v) is 4.24. The molecule has 0 saturated carbocycles. The lowest BCUT2D eigenvalue weighted by atomic mass is 10.1. The Morgan fingerprint density at radius 1 is 0.872 bits per heavy atom. The molecule has 3 aromatic rings. The van der Waals surface area contributed by atoms with Gasteiger partial charge in [0.15, 0.2) is 0 Å². The molecule has 0 aliphatic carbocycles. The van der Waals surface area contributed by atoms with Crippen molar-refractivity contribution in [1.29, 1.82) is 0 Å². The number of carbonyl (C=O) groups is 4. The summed E-state index contributed by atoms with van der Waals surface area (Å²) >= 11 is 18.4. The van der Waals surface area contributed by atoms with Gasteiger partial charge in [-0.25, -0.2) is 9.69 Å². The second-order valence-corrected chi connectivity index (χ2v) is 9.68. The van der Waals surface area contributed by atoms with Crippen LogP contribution in [0.15, 0.2) is 77.5 Å². The highest BCUT2D eigenvalue weighted by molar-refractivity contribution is 6.54. The van der Waals surface area contributed by atoms with E-state index in [0.717, 1.165) is 17.7 Å². The molecule has 8 nitrogen and oxygen atoms in total. The van der Waals surface area contributed by atoms with E-state index in [-0.39, 0.29) is 21.4 Å². The van der Waals surface area contributed by atoms with Gasteiger partial charge >= 0.3 is 5.97 Å². The number of anilines is 3. The van der Waals surface area contributed by atoms with E-state index in [2.05, 4.69) is 10.6 Å². The Bertz CT molecular complexity index is 1490. The molecule has 11 heteroatoms. The van der Waals surface area contributed by atoms with E-state index in [0.29, 0.717) is 34.1 Å². The Kier molecular flexibility index (Phi) is 8.91. The molecule has 3 amide bonds. The summed E-state index contributed by atoms with van der Waals surface area (Å²) in [5.41, 5.74) is 1.46. The number of nitrogens with zero attached hydrogens (tertiary/aromatic N) is 1. The molecule has 0 unspecified atom stereocenters. The largest absolute Gasteiger partial charge is 0.462 e. The predicted molar refractivity (Wildman–Crippen MR) is 151 cm³/mol. The van der Waals surface area contributed by atoms with E-state index in [1.807, 2.05) is 6.92 Å². The van der Waals surface area contributed by atoms with Crippen molar-refractivity contribution in [2.24, 2.45) is 0 Å². The van der Waals surface area contributed by atoms with Crippen LogP contribution in [0.3, 0.4) is 0 Å². The van der Waals surface area contributed by atoms with E-state index in [1.54, 1.807) is 30.3 Å². The van der Waals surface area contributed by atoms with Gasteiger partial charge in [0.2, 0.25) is 0 Å². The standard InChI is InChI=1S/C28H22Cl3N3O5/c1-2-3-13-39-28(38)17-5-4-6-20(14-17)33-25(35)16-7-10-19(11-8-16)32-24-23(31)26(36)34(27(24)37)22-15-18(29)9-12-21(22)30/h4-12,14-15,32H,2-3,13H2,1H3,(H,33,35). The zero-order valence-electron chi connectivity index (χ0n) is 20.6. The molecule has 0 bridgehead atoms. The highest BCUT2D eigenvalue weighted by atomic mass is 35.5. The number of halogens is 3. The zero-order chi connectivity index (χ0) is 28.1. The number of esters is 1. The van der Waals surface area contributed by atoms with Crippen LogP contribution in [0.2, 0.25) is 10.0 Å². The smallest absolute Gasteiger partial charge is 0.338 e. The van der Waals surface area contributed by atoms with Crippen LogP contribution in [0, 0.1) is 0 Å². The summed E-state index contributed by atoms with van der Waals surface area (Å²) in [6.45, 7) is 2.33. The van der Waals surface area contributed by atoms with Crippen molar-refractivity contribution in [3.8, 4) is 0 Å². The van der Waals surface area contributed by atoms with Crippen LogP contribution >= 0.6 is 34.8 Å². The first kappa shape index (κ1) is 28.2. The summed E-state index contributed by atoms with van der Waals surface area (Å²) in [4.78, 5) is 51.5. The van der Waals surface area contributed by atoms with Gasteiger partial charge in [-0.2, -0.15) is 0 Å². The first-order valence-corrected chi connectivity index (χ1v) is 13.0. The second-order valence-electron chi connectivity index (χ2n) is 8.46.